The summed E-state index contributed by atoms with van der Waals surface area (Å²) in [6.45, 7) is 3.69. The zero-order chi connectivity index (χ0) is 16.3. The van der Waals surface area contributed by atoms with Gasteiger partial charge in [0.05, 0.1) is 11.3 Å². The molecule has 1 heterocycles. The molecule has 0 saturated carbocycles. The fourth-order valence-corrected chi connectivity index (χ4v) is 2.04. The summed E-state index contributed by atoms with van der Waals surface area (Å²) in [6, 6.07) is 5.86. The quantitative estimate of drug-likeness (QED) is 0.891. The first-order valence-electron chi connectivity index (χ1n) is 6.54. The average Bonchev–Trinajstić information content (AvgIpc) is 2.74. The summed E-state index contributed by atoms with van der Waals surface area (Å²) in [4.78, 5) is 11.8. The third-order valence-corrected chi connectivity index (χ3v) is 3.06. The van der Waals surface area contributed by atoms with Gasteiger partial charge in [-0.15, -0.1) is 0 Å². The van der Waals surface area contributed by atoms with Crippen molar-refractivity contribution in [1.29, 1.82) is 0 Å². The number of furan rings is 1. The lowest BCUT2D eigenvalue weighted by molar-refractivity contribution is -0.136. The molecule has 0 radical (unpaired) electrons. The first-order valence-corrected chi connectivity index (χ1v) is 6.54. The summed E-state index contributed by atoms with van der Waals surface area (Å²) in [6.07, 6.45) is -4.53. The van der Waals surface area contributed by atoms with Gasteiger partial charge in [-0.25, -0.2) is 4.79 Å². The normalized spacial score (nSPS) is 11.3. The molecule has 2 amide bonds. The molecule has 2 N–H and O–H groups in total. The number of urea groups is 1. The Balaban J connectivity index is 2.02. The molecule has 2 rings (SSSR count). The highest BCUT2D eigenvalue weighted by atomic mass is 19.4. The molecule has 1 aromatic heterocycles. The predicted octanol–water partition coefficient (Wildman–Crippen LogP) is 4.24. The molecule has 2 aromatic rings. The van der Waals surface area contributed by atoms with Crippen molar-refractivity contribution in [3.05, 3.63) is 53.0 Å². The van der Waals surface area contributed by atoms with Gasteiger partial charge in [-0.1, -0.05) is 12.1 Å². The van der Waals surface area contributed by atoms with Gasteiger partial charge in [0.25, 0.3) is 0 Å². The van der Waals surface area contributed by atoms with Crippen molar-refractivity contribution in [2.75, 3.05) is 5.32 Å². The highest BCUT2D eigenvalue weighted by Gasteiger charge is 2.33. The van der Waals surface area contributed by atoms with Crippen LogP contribution in [0.15, 0.2) is 34.7 Å². The van der Waals surface area contributed by atoms with Crippen molar-refractivity contribution >= 4 is 11.7 Å². The maximum absolute atomic E-state index is 12.8. The van der Waals surface area contributed by atoms with Crippen LogP contribution in [0.1, 0.15) is 22.6 Å². The summed E-state index contributed by atoms with van der Waals surface area (Å²) in [5, 5.41) is 4.72. The van der Waals surface area contributed by atoms with Crippen molar-refractivity contribution in [2.45, 2.75) is 26.6 Å². The van der Waals surface area contributed by atoms with E-state index in [0.29, 0.717) is 11.5 Å². The molecule has 0 atom stereocenters. The second-order valence-electron chi connectivity index (χ2n) is 4.79. The molecule has 4 nitrogen and oxygen atoms in total. The Morgan fingerprint density at radius 1 is 1.23 bits per heavy atom. The molecule has 0 spiro atoms. The molecule has 7 heteroatoms. The molecule has 22 heavy (non-hydrogen) atoms. The molecule has 0 aliphatic rings. The molecular weight excluding hydrogens is 297 g/mol. The molecule has 0 aliphatic heterocycles. The van der Waals surface area contributed by atoms with Crippen molar-refractivity contribution in [3.63, 3.8) is 0 Å². The molecule has 1 aromatic carbocycles. The van der Waals surface area contributed by atoms with Gasteiger partial charge in [-0.2, -0.15) is 13.2 Å². The molecule has 0 fully saturated rings. The smallest absolute Gasteiger partial charge is 0.418 e. The highest BCUT2D eigenvalue weighted by Crippen LogP contribution is 2.34. The van der Waals surface area contributed by atoms with Gasteiger partial charge in [-0.05, 0) is 32.0 Å². The first kappa shape index (κ1) is 15.9. The van der Waals surface area contributed by atoms with Crippen LogP contribution in [0.4, 0.5) is 23.7 Å². The Morgan fingerprint density at radius 3 is 2.50 bits per heavy atom. The summed E-state index contributed by atoms with van der Waals surface area (Å²) in [5.41, 5.74) is -0.398. The van der Waals surface area contributed by atoms with E-state index in [2.05, 4.69) is 10.6 Å². The summed E-state index contributed by atoms with van der Waals surface area (Å²) < 4.78 is 43.8. The van der Waals surface area contributed by atoms with Crippen LogP contribution in [0, 0.1) is 13.8 Å². The van der Waals surface area contributed by atoms with Crippen molar-refractivity contribution in [2.24, 2.45) is 0 Å². The van der Waals surface area contributed by atoms with E-state index in [9.17, 15) is 18.0 Å². The zero-order valence-electron chi connectivity index (χ0n) is 12.0. The largest absolute Gasteiger partial charge is 0.466 e. The van der Waals surface area contributed by atoms with E-state index < -0.39 is 17.8 Å². The van der Waals surface area contributed by atoms with Crippen LogP contribution in [0.25, 0.3) is 0 Å². The minimum Gasteiger partial charge on any atom is -0.466 e. The summed E-state index contributed by atoms with van der Waals surface area (Å²) >= 11 is 0. The van der Waals surface area contributed by atoms with Gasteiger partial charge in [0.1, 0.15) is 11.5 Å². The third kappa shape index (κ3) is 3.81. The van der Waals surface area contributed by atoms with E-state index in [-0.39, 0.29) is 12.2 Å². The van der Waals surface area contributed by atoms with Gasteiger partial charge in [0.15, 0.2) is 0 Å². The number of carbonyl (C=O) groups is 1. The van der Waals surface area contributed by atoms with E-state index in [1.165, 1.54) is 18.2 Å². The molecule has 0 bridgehead atoms. The van der Waals surface area contributed by atoms with E-state index in [1.807, 2.05) is 0 Å². The van der Waals surface area contributed by atoms with E-state index in [4.69, 9.17) is 4.42 Å². The van der Waals surface area contributed by atoms with Gasteiger partial charge < -0.3 is 15.1 Å². The van der Waals surface area contributed by atoms with E-state index in [0.717, 1.165) is 11.6 Å². The van der Waals surface area contributed by atoms with Crippen LogP contribution in [0.5, 0.6) is 0 Å². The van der Waals surface area contributed by atoms with E-state index >= 15 is 0 Å². The van der Waals surface area contributed by atoms with Gasteiger partial charge in [-0.3, -0.25) is 0 Å². The molecule has 118 valence electrons. The Kier molecular flexibility index (Phi) is 4.44. The van der Waals surface area contributed by atoms with Gasteiger partial charge in [0.2, 0.25) is 0 Å². The second-order valence-corrected chi connectivity index (χ2v) is 4.79. The fourth-order valence-electron chi connectivity index (χ4n) is 2.04. The van der Waals surface area contributed by atoms with Crippen LogP contribution in [-0.4, -0.2) is 6.03 Å². The van der Waals surface area contributed by atoms with Crippen LogP contribution in [-0.2, 0) is 12.7 Å². The standard InChI is InChI=1S/C15H15F3N2O2/c1-9-7-11(10(2)22-9)8-19-14(21)20-13-6-4-3-5-12(13)15(16,17)18/h3-7H,8H2,1-2H3,(H2,19,20,21). The maximum atomic E-state index is 12.8. The number of halogens is 3. The monoisotopic (exact) mass is 312 g/mol. The van der Waals surface area contributed by atoms with Crippen LogP contribution < -0.4 is 10.6 Å². The highest BCUT2D eigenvalue weighted by molar-refractivity contribution is 5.90. The minimum atomic E-state index is -4.53. The van der Waals surface area contributed by atoms with E-state index in [1.54, 1.807) is 19.9 Å². The lowest BCUT2D eigenvalue weighted by atomic mass is 10.1. The number of aryl methyl sites for hydroxylation is 2. The Hall–Kier alpha value is -2.44. The molecule has 0 unspecified atom stereocenters. The summed E-state index contributed by atoms with van der Waals surface area (Å²) in [7, 11) is 0. The number of benzene rings is 1. The lowest BCUT2D eigenvalue weighted by Gasteiger charge is -2.13. The molecule has 0 saturated heterocycles. The number of alkyl halides is 3. The number of carbonyl (C=O) groups excluding carboxylic acids is 1. The maximum Gasteiger partial charge on any atom is 0.418 e. The lowest BCUT2D eigenvalue weighted by Crippen LogP contribution is -2.29. The molecule has 0 aliphatic carbocycles. The number of hydrogen-bond donors (Lipinski definition) is 2. The average molecular weight is 312 g/mol. The predicted molar refractivity (Wildman–Crippen MR) is 75.5 cm³/mol. The summed E-state index contributed by atoms with van der Waals surface area (Å²) in [5.74, 6) is 1.37. The van der Waals surface area contributed by atoms with Gasteiger partial charge in [0, 0.05) is 12.1 Å². The number of amides is 2. The Bertz CT molecular complexity index is 678. The number of hydrogen-bond acceptors (Lipinski definition) is 2. The number of nitrogens with one attached hydrogen (secondary N) is 2. The van der Waals surface area contributed by atoms with Crippen molar-refractivity contribution < 1.29 is 22.4 Å². The third-order valence-electron chi connectivity index (χ3n) is 3.06. The fraction of sp³-hybridized carbons (Fsp3) is 0.267. The Labute approximate surface area is 125 Å². The first-order chi connectivity index (χ1) is 10.3. The number of rotatable bonds is 3. The van der Waals surface area contributed by atoms with Crippen molar-refractivity contribution in [3.8, 4) is 0 Å². The number of para-hydroxylation sites is 1. The van der Waals surface area contributed by atoms with Crippen LogP contribution in [0.2, 0.25) is 0 Å². The second kappa shape index (κ2) is 6.13. The number of anilines is 1. The minimum absolute atomic E-state index is 0.170. The SMILES string of the molecule is Cc1cc(CNC(=O)Nc2ccccc2C(F)(F)F)c(C)o1. The van der Waals surface area contributed by atoms with Gasteiger partial charge >= 0.3 is 12.2 Å². The Morgan fingerprint density at radius 2 is 1.91 bits per heavy atom. The van der Waals surface area contributed by atoms with Crippen molar-refractivity contribution in [1.82, 2.24) is 5.32 Å². The van der Waals surface area contributed by atoms with Crippen LogP contribution in [0.3, 0.4) is 0 Å². The zero-order valence-corrected chi connectivity index (χ0v) is 12.0. The topological polar surface area (TPSA) is 54.3 Å². The van der Waals surface area contributed by atoms with Crippen LogP contribution >= 0.6 is 0 Å². The molecular formula is C15H15F3N2O2.